The zero-order valence-corrected chi connectivity index (χ0v) is 10.6. The molecule has 1 atom stereocenters. The highest BCUT2D eigenvalue weighted by atomic mass is 16.5. The molecule has 0 fully saturated rings. The number of nitrogens with one attached hydrogen (secondary N) is 1. The molecular weight excluding hydrogens is 202 g/mol. The third-order valence-electron chi connectivity index (χ3n) is 2.79. The number of likely N-dealkylation sites (N-methyl/N-ethyl adjacent to an activating group) is 1. The van der Waals surface area contributed by atoms with E-state index >= 15 is 0 Å². The Morgan fingerprint density at radius 1 is 1.50 bits per heavy atom. The summed E-state index contributed by atoms with van der Waals surface area (Å²) in [5.74, 6) is 1.15. The van der Waals surface area contributed by atoms with E-state index in [1.807, 2.05) is 26.4 Å². The van der Waals surface area contributed by atoms with Crippen LogP contribution in [0.2, 0.25) is 0 Å². The fraction of sp³-hybridized carbons (Fsp3) is 0.750. The van der Waals surface area contributed by atoms with Crippen molar-refractivity contribution in [2.45, 2.75) is 39.3 Å². The Morgan fingerprint density at radius 3 is 2.94 bits per heavy atom. The van der Waals surface area contributed by atoms with Gasteiger partial charge in [-0.2, -0.15) is 0 Å². The molecule has 0 bridgehead atoms. The zero-order valence-electron chi connectivity index (χ0n) is 10.6. The van der Waals surface area contributed by atoms with E-state index in [0.29, 0.717) is 6.04 Å². The van der Waals surface area contributed by atoms with Gasteiger partial charge in [0.1, 0.15) is 5.82 Å². The maximum Gasteiger partial charge on any atom is 0.110 e. The summed E-state index contributed by atoms with van der Waals surface area (Å²) in [6.45, 7) is 6.75. The van der Waals surface area contributed by atoms with Crippen LogP contribution in [0, 0.1) is 0 Å². The van der Waals surface area contributed by atoms with E-state index in [2.05, 4.69) is 21.8 Å². The van der Waals surface area contributed by atoms with Crippen LogP contribution in [0.4, 0.5) is 0 Å². The fourth-order valence-corrected chi connectivity index (χ4v) is 1.76. The zero-order chi connectivity index (χ0) is 11.8. The van der Waals surface area contributed by atoms with Crippen LogP contribution < -0.4 is 5.32 Å². The monoisotopic (exact) mass is 225 g/mol. The van der Waals surface area contributed by atoms with Crippen molar-refractivity contribution in [1.82, 2.24) is 14.9 Å². The maximum atomic E-state index is 5.37. The van der Waals surface area contributed by atoms with Gasteiger partial charge in [-0.05, 0) is 27.3 Å². The molecule has 4 heteroatoms. The SMILES string of the molecule is CCOCCC(Cc1nccn1CC)NC. The van der Waals surface area contributed by atoms with Crippen LogP contribution in [0.25, 0.3) is 0 Å². The molecule has 1 aromatic heterocycles. The molecule has 0 radical (unpaired) electrons. The standard InChI is InChI=1S/C12H23N3O/c1-4-15-8-7-14-12(15)10-11(13-3)6-9-16-5-2/h7-8,11,13H,4-6,9-10H2,1-3H3. The van der Waals surface area contributed by atoms with E-state index in [4.69, 9.17) is 4.74 Å². The summed E-state index contributed by atoms with van der Waals surface area (Å²) in [4.78, 5) is 4.39. The molecule has 0 saturated heterocycles. The Morgan fingerprint density at radius 2 is 2.31 bits per heavy atom. The van der Waals surface area contributed by atoms with E-state index in [0.717, 1.165) is 38.4 Å². The highest BCUT2D eigenvalue weighted by Gasteiger charge is 2.10. The van der Waals surface area contributed by atoms with Crippen LogP contribution in [0.5, 0.6) is 0 Å². The van der Waals surface area contributed by atoms with Crippen molar-refractivity contribution in [2.24, 2.45) is 0 Å². The first-order valence-corrected chi connectivity index (χ1v) is 6.06. The summed E-state index contributed by atoms with van der Waals surface area (Å²) in [6, 6.07) is 0.444. The lowest BCUT2D eigenvalue weighted by atomic mass is 10.1. The normalized spacial score (nSPS) is 12.9. The summed E-state index contributed by atoms with van der Waals surface area (Å²) in [7, 11) is 2.00. The van der Waals surface area contributed by atoms with Crippen molar-refractivity contribution >= 4 is 0 Å². The first-order valence-electron chi connectivity index (χ1n) is 6.06. The van der Waals surface area contributed by atoms with Crippen LogP contribution in [-0.2, 0) is 17.7 Å². The Hall–Kier alpha value is -0.870. The number of imidazole rings is 1. The lowest BCUT2D eigenvalue weighted by Crippen LogP contribution is -2.30. The van der Waals surface area contributed by atoms with Gasteiger partial charge >= 0.3 is 0 Å². The van der Waals surface area contributed by atoms with Crippen LogP contribution in [0.15, 0.2) is 12.4 Å². The molecule has 1 aromatic rings. The van der Waals surface area contributed by atoms with E-state index in [1.165, 1.54) is 0 Å². The highest BCUT2D eigenvalue weighted by Crippen LogP contribution is 2.04. The first-order chi connectivity index (χ1) is 7.81. The van der Waals surface area contributed by atoms with E-state index in [9.17, 15) is 0 Å². The maximum absolute atomic E-state index is 5.37. The molecule has 0 amide bonds. The molecule has 1 heterocycles. The minimum atomic E-state index is 0.444. The summed E-state index contributed by atoms with van der Waals surface area (Å²) in [6.07, 6.45) is 5.89. The molecule has 0 saturated carbocycles. The largest absolute Gasteiger partial charge is 0.382 e. The lowest BCUT2D eigenvalue weighted by molar-refractivity contribution is 0.137. The summed E-state index contributed by atoms with van der Waals surface area (Å²) >= 11 is 0. The van der Waals surface area contributed by atoms with Gasteiger partial charge in [0.2, 0.25) is 0 Å². The van der Waals surface area contributed by atoms with Crippen LogP contribution in [0.1, 0.15) is 26.1 Å². The van der Waals surface area contributed by atoms with Crippen LogP contribution in [0.3, 0.4) is 0 Å². The van der Waals surface area contributed by atoms with E-state index in [1.54, 1.807) is 0 Å². The van der Waals surface area contributed by atoms with Crippen molar-refractivity contribution in [3.05, 3.63) is 18.2 Å². The minimum Gasteiger partial charge on any atom is -0.382 e. The van der Waals surface area contributed by atoms with Gasteiger partial charge in [-0.3, -0.25) is 0 Å². The average molecular weight is 225 g/mol. The molecule has 0 aliphatic carbocycles. The highest BCUT2D eigenvalue weighted by molar-refractivity contribution is 4.95. The van der Waals surface area contributed by atoms with Gasteiger partial charge in [0, 0.05) is 44.6 Å². The van der Waals surface area contributed by atoms with Crippen molar-refractivity contribution in [3.8, 4) is 0 Å². The van der Waals surface area contributed by atoms with Crippen LogP contribution in [-0.4, -0.2) is 35.9 Å². The molecule has 0 aliphatic heterocycles. The molecule has 1 rings (SSSR count). The van der Waals surface area contributed by atoms with Gasteiger partial charge in [0.05, 0.1) is 0 Å². The second-order valence-corrected chi connectivity index (χ2v) is 3.80. The van der Waals surface area contributed by atoms with Gasteiger partial charge < -0.3 is 14.6 Å². The Labute approximate surface area is 98.0 Å². The predicted molar refractivity (Wildman–Crippen MR) is 65.6 cm³/mol. The fourth-order valence-electron chi connectivity index (χ4n) is 1.76. The molecule has 92 valence electrons. The molecule has 1 N–H and O–H groups in total. The molecule has 0 aromatic carbocycles. The minimum absolute atomic E-state index is 0.444. The average Bonchev–Trinajstić information content (AvgIpc) is 2.75. The summed E-state index contributed by atoms with van der Waals surface area (Å²) < 4.78 is 7.56. The lowest BCUT2D eigenvalue weighted by Gasteiger charge is -2.16. The van der Waals surface area contributed by atoms with Crippen molar-refractivity contribution in [3.63, 3.8) is 0 Å². The summed E-state index contributed by atoms with van der Waals surface area (Å²) in [5.41, 5.74) is 0. The predicted octanol–water partition coefficient (Wildman–Crippen LogP) is 1.46. The quantitative estimate of drug-likeness (QED) is 0.681. The molecular formula is C12H23N3O. The van der Waals surface area contributed by atoms with Gasteiger partial charge in [-0.25, -0.2) is 4.98 Å². The van der Waals surface area contributed by atoms with Gasteiger partial charge in [0.25, 0.3) is 0 Å². The molecule has 16 heavy (non-hydrogen) atoms. The second-order valence-electron chi connectivity index (χ2n) is 3.80. The van der Waals surface area contributed by atoms with E-state index < -0.39 is 0 Å². The van der Waals surface area contributed by atoms with Gasteiger partial charge in [-0.1, -0.05) is 0 Å². The molecule has 0 aliphatic rings. The Balaban J connectivity index is 2.43. The molecule has 1 unspecified atom stereocenters. The smallest absolute Gasteiger partial charge is 0.110 e. The Kier molecular flexibility index (Phi) is 6.11. The number of nitrogens with zero attached hydrogens (tertiary/aromatic N) is 2. The van der Waals surface area contributed by atoms with Gasteiger partial charge in [0.15, 0.2) is 0 Å². The molecule has 4 nitrogen and oxygen atoms in total. The second kappa shape index (κ2) is 7.41. The molecule has 0 spiro atoms. The Bertz CT molecular complexity index is 286. The number of ether oxygens (including phenoxy) is 1. The van der Waals surface area contributed by atoms with Crippen molar-refractivity contribution in [1.29, 1.82) is 0 Å². The number of hydrogen-bond donors (Lipinski definition) is 1. The number of aryl methyl sites for hydroxylation is 1. The van der Waals surface area contributed by atoms with Crippen LogP contribution >= 0.6 is 0 Å². The first kappa shape index (κ1) is 13.2. The summed E-state index contributed by atoms with van der Waals surface area (Å²) in [5, 5.41) is 3.32. The number of rotatable bonds is 8. The number of hydrogen-bond acceptors (Lipinski definition) is 3. The topological polar surface area (TPSA) is 39.1 Å². The van der Waals surface area contributed by atoms with E-state index in [-0.39, 0.29) is 0 Å². The number of aromatic nitrogens is 2. The van der Waals surface area contributed by atoms with Crippen molar-refractivity contribution in [2.75, 3.05) is 20.3 Å². The van der Waals surface area contributed by atoms with Gasteiger partial charge in [-0.15, -0.1) is 0 Å². The van der Waals surface area contributed by atoms with Crippen molar-refractivity contribution < 1.29 is 4.74 Å². The third-order valence-corrected chi connectivity index (χ3v) is 2.79. The third kappa shape index (κ3) is 3.94.